The number of carbonyl (C=O) groups excluding carboxylic acids is 1. The second-order valence-corrected chi connectivity index (χ2v) is 9.24. The monoisotopic (exact) mass is 420 g/mol. The van der Waals surface area contributed by atoms with E-state index >= 15 is 0 Å². The van der Waals surface area contributed by atoms with Crippen molar-refractivity contribution in [2.75, 3.05) is 13.1 Å². The summed E-state index contributed by atoms with van der Waals surface area (Å²) in [6, 6.07) is 14.2. The van der Waals surface area contributed by atoms with E-state index in [-0.39, 0.29) is 5.91 Å². The molecule has 156 valence electrons. The van der Waals surface area contributed by atoms with E-state index in [9.17, 15) is 4.79 Å². The number of fused-ring (bicyclic) bond motifs is 1. The van der Waals surface area contributed by atoms with E-state index in [2.05, 4.69) is 45.0 Å². The summed E-state index contributed by atoms with van der Waals surface area (Å²) in [4.78, 5) is 20.6. The lowest BCUT2D eigenvalue weighted by atomic mass is 9.91. The van der Waals surface area contributed by atoms with Gasteiger partial charge in [-0.3, -0.25) is 4.79 Å². The van der Waals surface area contributed by atoms with E-state index in [0.29, 0.717) is 16.9 Å². The average molecular weight is 421 g/mol. The fourth-order valence-corrected chi connectivity index (χ4v) is 4.79. The van der Waals surface area contributed by atoms with Crippen molar-refractivity contribution in [3.8, 4) is 11.3 Å². The maximum absolute atomic E-state index is 13.7. The molecule has 1 amide bonds. The normalized spacial score (nSPS) is 19.3. The Morgan fingerprint density at radius 2 is 1.77 bits per heavy atom. The first kappa shape index (κ1) is 20.9. The van der Waals surface area contributed by atoms with Crippen LogP contribution in [0.5, 0.6) is 0 Å². The van der Waals surface area contributed by atoms with Crippen LogP contribution in [0.2, 0.25) is 5.02 Å². The SMILES string of the molecule is CCc1ccc(-c2cc(C(=O)N3C[C@H](C)C[C@H](C)C3)c3ccc(Cl)c(C)c3n2)cc1. The Morgan fingerprint density at radius 3 is 2.40 bits per heavy atom. The van der Waals surface area contributed by atoms with Crippen LogP contribution in [-0.4, -0.2) is 28.9 Å². The molecule has 30 heavy (non-hydrogen) atoms. The van der Waals surface area contributed by atoms with Crippen LogP contribution in [0.3, 0.4) is 0 Å². The molecule has 0 N–H and O–H groups in total. The molecule has 3 nitrogen and oxygen atoms in total. The van der Waals surface area contributed by atoms with Crippen molar-refractivity contribution in [3.63, 3.8) is 0 Å². The van der Waals surface area contributed by atoms with Gasteiger partial charge in [0.25, 0.3) is 5.91 Å². The number of benzene rings is 2. The fourth-order valence-electron chi connectivity index (χ4n) is 4.64. The van der Waals surface area contributed by atoms with Gasteiger partial charge in [-0.1, -0.05) is 62.7 Å². The predicted molar refractivity (Wildman–Crippen MR) is 125 cm³/mol. The van der Waals surface area contributed by atoms with E-state index in [1.807, 2.05) is 30.0 Å². The van der Waals surface area contributed by atoms with E-state index in [1.165, 1.54) is 12.0 Å². The van der Waals surface area contributed by atoms with Crippen LogP contribution < -0.4 is 0 Å². The third kappa shape index (κ3) is 3.96. The van der Waals surface area contributed by atoms with Gasteiger partial charge in [0.2, 0.25) is 0 Å². The first-order chi connectivity index (χ1) is 14.4. The summed E-state index contributed by atoms with van der Waals surface area (Å²) >= 11 is 6.41. The minimum Gasteiger partial charge on any atom is -0.338 e. The lowest BCUT2D eigenvalue weighted by Crippen LogP contribution is -2.42. The Bertz CT molecular complexity index is 1080. The van der Waals surface area contributed by atoms with Crippen LogP contribution in [0, 0.1) is 18.8 Å². The number of amides is 1. The van der Waals surface area contributed by atoms with Crippen molar-refractivity contribution in [1.29, 1.82) is 0 Å². The van der Waals surface area contributed by atoms with Gasteiger partial charge in [-0.2, -0.15) is 0 Å². The highest BCUT2D eigenvalue weighted by Crippen LogP contribution is 2.32. The number of aryl methyl sites for hydroxylation is 2. The van der Waals surface area contributed by atoms with Crippen LogP contribution in [0.25, 0.3) is 22.2 Å². The molecule has 2 heterocycles. The smallest absolute Gasteiger partial charge is 0.254 e. The number of hydrogen-bond acceptors (Lipinski definition) is 2. The lowest BCUT2D eigenvalue weighted by molar-refractivity contribution is 0.0625. The molecule has 1 aliphatic heterocycles. The molecule has 3 aromatic rings. The van der Waals surface area contributed by atoms with E-state index in [1.54, 1.807) is 0 Å². The first-order valence-electron chi connectivity index (χ1n) is 10.9. The van der Waals surface area contributed by atoms with Crippen LogP contribution in [0.4, 0.5) is 0 Å². The maximum atomic E-state index is 13.7. The molecule has 1 aliphatic rings. The number of rotatable bonds is 3. The van der Waals surface area contributed by atoms with Crippen molar-refractivity contribution < 1.29 is 4.79 Å². The van der Waals surface area contributed by atoms with Gasteiger partial charge >= 0.3 is 0 Å². The summed E-state index contributed by atoms with van der Waals surface area (Å²) in [5.41, 5.74) is 5.55. The molecule has 0 aliphatic carbocycles. The van der Waals surface area contributed by atoms with Gasteiger partial charge in [-0.05, 0) is 54.9 Å². The average Bonchev–Trinajstić information content (AvgIpc) is 2.74. The highest BCUT2D eigenvalue weighted by atomic mass is 35.5. The summed E-state index contributed by atoms with van der Waals surface area (Å²) in [7, 11) is 0. The number of halogens is 1. The first-order valence-corrected chi connectivity index (χ1v) is 11.2. The van der Waals surface area contributed by atoms with Gasteiger partial charge in [0.1, 0.15) is 0 Å². The number of aromatic nitrogens is 1. The third-order valence-corrected chi connectivity index (χ3v) is 6.62. The predicted octanol–water partition coefficient (Wildman–Crippen LogP) is 6.54. The van der Waals surface area contributed by atoms with Gasteiger partial charge in [-0.15, -0.1) is 0 Å². The number of carbonyl (C=O) groups is 1. The molecule has 0 radical (unpaired) electrons. The van der Waals surface area contributed by atoms with Gasteiger partial charge in [0, 0.05) is 29.1 Å². The van der Waals surface area contributed by atoms with E-state index < -0.39 is 0 Å². The van der Waals surface area contributed by atoms with Gasteiger partial charge in [-0.25, -0.2) is 4.98 Å². The highest BCUT2D eigenvalue weighted by molar-refractivity contribution is 6.32. The topological polar surface area (TPSA) is 33.2 Å². The minimum atomic E-state index is 0.0916. The van der Waals surface area contributed by atoms with Crippen LogP contribution >= 0.6 is 11.6 Å². The maximum Gasteiger partial charge on any atom is 0.254 e. The van der Waals surface area contributed by atoms with Crippen molar-refractivity contribution in [1.82, 2.24) is 9.88 Å². The number of likely N-dealkylation sites (tertiary alicyclic amines) is 1. The van der Waals surface area contributed by atoms with Gasteiger partial charge < -0.3 is 4.90 Å². The molecule has 1 aromatic heterocycles. The molecule has 0 bridgehead atoms. The van der Waals surface area contributed by atoms with Crippen molar-refractivity contribution in [2.24, 2.45) is 11.8 Å². The molecule has 2 aromatic carbocycles. The zero-order valence-corrected chi connectivity index (χ0v) is 19.0. The molecule has 1 saturated heterocycles. The second-order valence-electron chi connectivity index (χ2n) is 8.83. The Balaban J connectivity index is 1.86. The molecule has 0 unspecified atom stereocenters. The van der Waals surface area contributed by atoms with Crippen LogP contribution in [-0.2, 0) is 6.42 Å². The summed E-state index contributed by atoms with van der Waals surface area (Å²) in [5, 5.41) is 1.55. The zero-order chi connectivity index (χ0) is 21.4. The zero-order valence-electron chi connectivity index (χ0n) is 18.2. The minimum absolute atomic E-state index is 0.0916. The summed E-state index contributed by atoms with van der Waals surface area (Å²) in [6.07, 6.45) is 2.17. The Morgan fingerprint density at radius 1 is 1.10 bits per heavy atom. The number of hydrogen-bond donors (Lipinski definition) is 0. The van der Waals surface area contributed by atoms with Crippen molar-refractivity contribution >= 4 is 28.4 Å². The fraction of sp³-hybridized carbons (Fsp3) is 0.385. The van der Waals surface area contributed by atoms with Crippen LogP contribution in [0.15, 0.2) is 42.5 Å². The number of piperidine rings is 1. The van der Waals surface area contributed by atoms with Gasteiger partial charge in [0.05, 0.1) is 16.8 Å². The van der Waals surface area contributed by atoms with Gasteiger partial charge in [0.15, 0.2) is 0 Å². The Kier molecular flexibility index (Phi) is 5.84. The summed E-state index contributed by atoms with van der Waals surface area (Å²) < 4.78 is 0. The lowest BCUT2D eigenvalue weighted by Gasteiger charge is -2.35. The Hall–Kier alpha value is -2.39. The number of nitrogens with zero attached hydrogens (tertiary/aromatic N) is 2. The molecule has 0 saturated carbocycles. The third-order valence-electron chi connectivity index (χ3n) is 6.21. The largest absolute Gasteiger partial charge is 0.338 e. The molecule has 4 rings (SSSR count). The quantitative estimate of drug-likeness (QED) is 0.481. The highest BCUT2D eigenvalue weighted by Gasteiger charge is 2.28. The number of pyridine rings is 1. The summed E-state index contributed by atoms with van der Waals surface area (Å²) in [6.45, 7) is 10.2. The summed E-state index contributed by atoms with van der Waals surface area (Å²) in [5.74, 6) is 1.13. The molecule has 0 spiro atoms. The second kappa shape index (κ2) is 8.39. The molecule has 4 heteroatoms. The van der Waals surface area contributed by atoms with E-state index in [4.69, 9.17) is 16.6 Å². The molecule has 1 fully saturated rings. The van der Waals surface area contributed by atoms with Crippen LogP contribution in [0.1, 0.15) is 48.7 Å². The van der Waals surface area contributed by atoms with Crippen molar-refractivity contribution in [3.05, 3.63) is 64.2 Å². The standard InChI is InChI=1S/C26H29ClN2O/c1-5-19-6-8-20(9-7-19)24-13-22(21-10-11-23(27)18(4)25(21)28-24)26(30)29-14-16(2)12-17(3)15-29/h6-11,13,16-17H,5,12,14-15H2,1-4H3/t16-,17+. The molecule has 2 atom stereocenters. The van der Waals surface area contributed by atoms with Crippen molar-refractivity contribution in [2.45, 2.75) is 40.5 Å². The molecular formula is C26H29ClN2O. The van der Waals surface area contributed by atoms with E-state index in [0.717, 1.165) is 52.8 Å². The molecular weight excluding hydrogens is 392 g/mol. The Labute approximate surface area is 184 Å².